The van der Waals surface area contributed by atoms with E-state index in [2.05, 4.69) is 32.7 Å². The predicted octanol–water partition coefficient (Wildman–Crippen LogP) is 6.20. The Hall–Kier alpha value is -1.22. The van der Waals surface area contributed by atoms with Crippen molar-refractivity contribution in [2.24, 2.45) is 34.5 Å². The molecule has 164 valence electrons. The first-order valence-corrected chi connectivity index (χ1v) is 12.3. The third-order valence-corrected chi connectivity index (χ3v) is 10.0. The summed E-state index contributed by atoms with van der Waals surface area (Å²) in [5.74, 6) is 4.17. The van der Waals surface area contributed by atoms with Crippen molar-refractivity contribution in [1.29, 1.82) is 0 Å². The van der Waals surface area contributed by atoms with Gasteiger partial charge in [0.15, 0.2) is 0 Å². The summed E-state index contributed by atoms with van der Waals surface area (Å²) in [5.41, 5.74) is 0.655. The Balaban J connectivity index is 1.39. The normalized spacial score (nSPS) is 45.5. The minimum atomic E-state index is 0.274. The number of halogens is 1. The molecule has 1 saturated heterocycles. The summed E-state index contributed by atoms with van der Waals surface area (Å²) in [6, 6.07) is 8.25. The second-order valence-corrected chi connectivity index (χ2v) is 11.8. The molecule has 1 heterocycles. The number of amides is 1. The molecule has 0 N–H and O–H groups in total. The lowest BCUT2D eigenvalue weighted by Crippen LogP contribution is -2.62. The molecule has 5 rings (SSSR count). The number of likely N-dealkylation sites (tertiary alicyclic amines) is 1. The molecule has 30 heavy (non-hydrogen) atoms. The Labute approximate surface area is 186 Å². The van der Waals surface area contributed by atoms with Crippen molar-refractivity contribution in [3.8, 4) is 5.75 Å². The van der Waals surface area contributed by atoms with Gasteiger partial charge in [0.25, 0.3) is 0 Å². The van der Waals surface area contributed by atoms with Crippen LogP contribution in [0.1, 0.15) is 65.7 Å². The third kappa shape index (κ3) is 3.10. The van der Waals surface area contributed by atoms with Gasteiger partial charge in [0.05, 0.1) is 6.10 Å². The summed E-state index contributed by atoms with van der Waals surface area (Å²) in [4.78, 5) is 14.5. The van der Waals surface area contributed by atoms with Gasteiger partial charge in [0, 0.05) is 24.5 Å². The molecule has 3 saturated carbocycles. The van der Waals surface area contributed by atoms with Gasteiger partial charge in [-0.25, -0.2) is 0 Å². The first kappa shape index (κ1) is 20.7. The number of rotatable bonds is 2. The molecular formula is C26H36ClNO2. The summed E-state index contributed by atoms with van der Waals surface area (Å²) in [6.07, 6.45) is 8.20. The average molecular weight is 430 g/mol. The molecule has 8 atom stereocenters. The van der Waals surface area contributed by atoms with Crippen LogP contribution in [0.3, 0.4) is 0 Å². The zero-order valence-corrected chi connectivity index (χ0v) is 19.6. The maximum Gasteiger partial charge on any atom is 0.222 e. The van der Waals surface area contributed by atoms with Gasteiger partial charge in [0.2, 0.25) is 5.91 Å². The Morgan fingerprint density at radius 2 is 1.83 bits per heavy atom. The number of nitrogens with zero attached hydrogens (tertiary/aromatic N) is 1. The molecule has 2 unspecified atom stereocenters. The SMILES string of the molecule is CC1C[C@H]2N(C)C(=O)CC[C@]2(C)[C@H]2CC[C@]3(C)C[C@@H](Oc4ccc(Cl)cc4)C[C@H]3C12. The van der Waals surface area contributed by atoms with Gasteiger partial charge in [0.1, 0.15) is 5.75 Å². The maximum atomic E-state index is 12.4. The third-order valence-electron chi connectivity index (χ3n) is 9.78. The number of fused-ring (bicyclic) bond motifs is 5. The van der Waals surface area contributed by atoms with E-state index < -0.39 is 0 Å². The zero-order valence-electron chi connectivity index (χ0n) is 18.9. The molecule has 4 heteroatoms. The van der Waals surface area contributed by atoms with Crippen LogP contribution in [0.15, 0.2) is 24.3 Å². The van der Waals surface area contributed by atoms with Gasteiger partial charge in [-0.15, -0.1) is 0 Å². The minimum absolute atomic E-state index is 0.274. The lowest BCUT2D eigenvalue weighted by molar-refractivity contribution is -0.164. The van der Waals surface area contributed by atoms with E-state index in [-0.39, 0.29) is 5.41 Å². The van der Waals surface area contributed by atoms with E-state index in [1.54, 1.807) is 0 Å². The van der Waals surface area contributed by atoms with Crippen LogP contribution in [0.25, 0.3) is 0 Å². The number of carbonyl (C=O) groups excluding carboxylic acids is 1. The number of benzene rings is 1. The van der Waals surface area contributed by atoms with Crippen LogP contribution in [0.2, 0.25) is 5.02 Å². The molecule has 1 amide bonds. The highest BCUT2D eigenvalue weighted by Crippen LogP contribution is 2.66. The highest BCUT2D eigenvalue weighted by Gasteiger charge is 2.62. The van der Waals surface area contributed by atoms with Crippen molar-refractivity contribution in [3.05, 3.63) is 29.3 Å². The first-order valence-electron chi connectivity index (χ1n) is 11.9. The van der Waals surface area contributed by atoms with Crippen LogP contribution in [0.4, 0.5) is 0 Å². The number of piperidine rings is 1. The second-order valence-electron chi connectivity index (χ2n) is 11.4. The van der Waals surface area contributed by atoms with Crippen molar-refractivity contribution in [2.75, 3.05) is 7.05 Å². The largest absolute Gasteiger partial charge is 0.490 e. The second kappa shape index (κ2) is 7.15. The van der Waals surface area contributed by atoms with Crippen LogP contribution in [0, 0.1) is 34.5 Å². The molecule has 0 aromatic heterocycles. The van der Waals surface area contributed by atoms with Gasteiger partial charge < -0.3 is 9.64 Å². The van der Waals surface area contributed by atoms with Crippen LogP contribution in [0.5, 0.6) is 5.75 Å². The molecule has 1 aromatic carbocycles. The topological polar surface area (TPSA) is 29.5 Å². The minimum Gasteiger partial charge on any atom is -0.490 e. The molecule has 0 bridgehead atoms. The van der Waals surface area contributed by atoms with E-state index in [4.69, 9.17) is 16.3 Å². The van der Waals surface area contributed by atoms with E-state index in [1.807, 2.05) is 24.3 Å². The van der Waals surface area contributed by atoms with E-state index in [0.717, 1.165) is 54.2 Å². The molecule has 1 aromatic rings. The average Bonchev–Trinajstić information content (AvgIpc) is 3.04. The predicted molar refractivity (Wildman–Crippen MR) is 121 cm³/mol. The van der Waals surface area contributed by atoms with E-state index in [1.165, 1.54) is 19.3 Å². The zero-order chi connectivity index (χ0) is 21.3. The molecular weight excluding hydrogens is 394 g/mol. The Morgan fingerprint density at radius 3 is 2.57 bits per heavy atom. The van der Waals surface area contributed by atoms with Crippen LogP contribution >= 0.6 is 11.6 Å². The van der Waals surface area contributed by atoms with E-state index in [9.17, 15) is 4.79 Å². The smallest absolute Gasteiger partial charge is 0.222 e. The van der Waals surface area contributed by atoms with Gasteiger partial charge >= 0.3 is 0 Å². The van der Waals surface area contributed by atoms with E-state index >= 15 is 0 Å². The quantitative estimate of drug-likeness (QED) is 0.560. The summed E-state index contributed by atoms with van der Waals surface area (Å²) in [6.45, 7) is 7.49. The molecule has 0 radical (unpaired) electrons. The molecule has 1 aliphatic heterocycles. The van der Waals surface area contributed by atoms with Crippen molar-refractivity contribution >= 4 is 17.5 Å². The standard InChI is InChI=1S/C26H36ClNO2/c1-16-13-22-26(3,12-10-23(29)28(22)4)20-9-11-25(2)15-19(14-21(25)24(16)20)30-18-7-5-17(27)6-8-18/h5-8,16,19-22,24H,9-15H2,1-4H3/t16?,19-,20-,21-,22+,24?,25+,26+/m0/s1. The fourth-order valence-electron chi connectivity index (χ4n) is 8.25. The van der Waals surface area contributed by atoms with Crippen LogP contribution in [-0.4, -0.2) is 30.0 Å². The highest BCUT2D eigenvalue weighted by atomic mass is 35.5. The monoisotopic (exact) mass is 429 g/mol. The summed E-state index contributed by atoms with van der Waals surface area (Å²) in [5, 5.41) is 0.756. The van der Waals surface area contributed by atoms with Gasteiger partial charge in [-0.3, -0.25) is 4.79 Å². The van der Waals surface area contributed by atoms with Crippen molar-refractivity contribution in [3.63, 3.8) is 0 Å². The molecule has 4 fully saturated rings. The lowest BCUT2D eigenvalue weighted by Gasteiger charge is -2.63. The lowest BCUT2D eigenvalue weighted by atomic mass is 9.45. The number of carbonyl (C=O) groups is 1. The summed E-state index contributed by atoms with van der Waals surface area (Å²) < 4.78 is 6.45. The van der Waals surface area contributed by atoms with Gasteiger partial charge in [-0.2, -0.15) is 0 Å². The molecule has 3 nitrogen and oxygen atoms in total. The highest BCUT2D eigenvalue weighted by molar-refractivity contribution is 6.30. The van der Waals surface area contributed by atoms with Crippen molar-refractivity contribution in [1.82, 2.24) is 4.90 Å². The van der Waals surface area contributed by atoms with Crippen LogP contribution < -0.4 is 4.74 Å². The maximum absolute atomic E-state index is 12.4. The van der Waals surface area contributed by atoms with Gasteiger partial charge in [-0.05, 0) is 97.3 Å². The van der Waals surface area contributed by atoms with Crippen molar-refractivity contribution < 1.29 is 9.53 Å². The Morgan fingerprint density at radius 1 is 1.10 bits per heavy atom. The van der Waals surface area contributed by atoms with Crippen LogP contribution in [-0.2, 0) is 4.79 Å². The Kier molecular flexibility index (Phi) is 4.93. The number of hydrogen-bond donors (Lipinski definition) is 0. The first-order chi connectivity index (χ1) is 14.2. The van der Waals surface area contributed by atoms with Crippen molar-refractivity contribution in [2.45, 2.75) is 77.9 Å². The Bertz CT molecular complexity index is 825. The van der Waals surface area contributed by atoms with E-state index in [0.29, 0.717) is 29.4 Å². The molecule has 3 aliphatic carbocycles. The fourth-order valence-corrected chi connectivity index (χ4v) is 8.38. The molecule has 0 spiro atoms. The summed E-state index contributed by atoms with van der Waals surface area (Å²) in [7, 11) is 2.05. The number of ether oxygens (including phenoxy) is 1. The fraction of sp³-hybridized carbons (Fsp3) is 0.731. The summed E-state index contributed by atoms with van der Waals surface area (Å²) >= 11 is 6.05. The molecule has 4 aliphatic rings. The van der Waals surface area contributed by atoms with Gasteiger partial charge in [-0.1, -0.05) is 32.4 Å². The number of hydrogen-bond acceptors (Lipinski definition) is 2.